The van der Waals surface area contributed by atoms with Gasteiger partial charge in [-0.15, -0.1) is 0 Å². The minimum Gasteiger partial charge on any atom is -0.481 e. The van der Waals surface area contributed by atoms with Crippen LogP contribution in [0.3, 0.4) is 0 Å². The molecule has 0 aliphatic carbocycles. The summed E-state index contributed by atoms with van der Waals surface area (Å²) in [5.41, 5.74) is -0.107. The number of nitrogens with one attached hydrogen (secondary N) is 4. The van der Waals surface area contributed by atoms with Crippen LogP contribution in [0.4, 0.5) is 0 Å². The molecular formula is C50H61N7O19. The summed E-state index contributed by atoms with van der Waals surface area (Å²) in [4.78, 5) is 135. The number of esters is 2. The summed E-state index contributed by atoms with van der Waals surface area (Å²) < 4.78 is 40.5. The predicted octanol–water partition coefficient (Wildman–Crippen LogP) is -0.0124. The molecule has 0 radical (unpaired) electrons. The lowest BCUT2D eigenvalue weighted by Gasteiger charge is -2.37. The van der Waals surface area contributed by atoms with E-state index in [1.54, 1.807) is 32.9 Å². The summed E-state index contributed by atoms with van der Waals surface area (Å²) in [7, 11) is 0. The minimum atomic E-state index is -2.10. The Morgan fingerprint density at radius 2 is 1.53 bits per heavy atom. The minimum absolute atomic E-state index is 0.0454. The maximum Gasteiger partial charge on any atom is 0.355 e. The molecule has 0 spiro atoms. The highest BCUT2D eigenvalue weighted by Crippen LogP contribution is 2.43. The number of hydrogen-bond donors (Lipinski definition) is 6. The number of likely N-dealkylation sites (tertiary alicyclic amines) is 1. The standard InChI is InChI=1S/C50H61N7O19/c1-4-50(31-20-35-44-29(24-57(35)46(66)30(31)25-73-49(50)69)18-28-19-36-37(75-26-74-36)21-32(28)54-44)76-48(68)43(27(2)3)55-45(65)34-6-5-11-56(34)47(67)33(22-42(63)64)53-39(59)9-12-70-14-16-72-17-15-71-13-10-51-40(60)23-52-38(58)7-8-41(61)62/h18-21,27,33-34,43H,4-17,22-26H2,1-3H3,(H,51,60)(H,52,58)(H,53,59)(H,55,65)(H,61,62)(H,63,64)/t33-,34-,43-,50-/m0/s1. The second kappa shape index (κ2) is 25.2. The number of hydrogen-bond acceptors (Lipinski definition) is 18. The SMILES string of the molecule is CC[C@@]1(OC(=O)[C@@H](NC(=O)[C@@H]2CCCN2C(=O)[C@H](CC(=O)O)NC(=O)CCOCCOCCOCCNC(=O)CNC(=O)CCC(=O)O)C(C)C)C(=O)OCc2c1cc1n(c2=O)Cc2cc3cc4c(cc3nc2-1)OCO4. The van der Waals surface area contributed by atoms with E-state index >= 15 is 0 Å². The Hall–Kier alpha value is -7.71. The van der Waals surface area contributed by atoms with E-state index in [9.17, 15) is 53.1 Å². The van der Waals surface area contributed by atoms with Gasteiger partial charge >= 0.3 is 23.9 Å². The number of rotatable bonds is 27. The van der Waals surface area contributed by atoms with Gasteiger partial charge in [0.2, 0.25) is 41.9 Å². The van der Waals surface area contributed by atoms with Crippen LogP contribution in [0.15, 0.2) is 29.1 Å². The van der Waals surface area contributed by atoms with Crippen LogP contribution in [-0.2, 0) is 85.6 Å². The summed E-state index contributed by atoms with van der Waals surface area (Å²) in [6, 6.07) is 2.98. The van der Waals surface area contributed by atoms with E-state index in [4.69, 9.17) is 43.2 Å². The van der Waals surface area contributed by atoms with Crippen LogP contribution in [0.2, 0.25) is 0 Å². The number of aromatic nitrogens is 2. The van der Waals surface area contributed by atoms with Crippen molar-refractivity contribution in [2.75, 3.05) is 66.1 Å². The molecule has 26 heteroatoms. The lowest BCUT2D eigenvalue weighted by molar-refractivity contribution is -0.191. The summed E-state index contributed by atoms with van der Waals surface area (Å²) in [6.45, 7) is 5.33. The number of aliphatic carboxylic acids is 2. The zero-order valence-corrected chi connectivity index (χ0v) is 42.2. The van der Waals surface area contributed by atoms with E-state index in [1.165, 1.54) is 4.57 Å². The van der Waals surface area contributed by atoms with Gasteiger partial charge in [-0.05, 0) is 43.4 Å². The quantitative estimate of drug-likeness (QED) is 0.0338. The van der Waals surface area contributed by atoms with Crippen molar-refractivity contribution in [2.24, 2.45) is 5.92 Å². The van der Waals surface area contributed by atoms with Crippen molar-refractivity contribution in [3.05, 3.63) is 51.3 Å². The molecule has 6 N–H and O–H groups in total. The number of carboxylic acid groups (broad SMARTS) is 2. The molecule has 4 aliphatic heterocycles. The molecule has 1 fully saturated rings. The summed E-state index contributed by atoms with van der Waals surface area (Å²) in [6.07, 6.45) is -1.26. The first kappa shape index (κ1) is 56.0. The Balaban J connectivity index is 0.891. The molecule has 76 heavy (non-hydrogen) atoms. The molecule has 6 heterocycles. The van der Waals surface area contributed by atoms with Gasteiger partial charge in [0, 0.05) is 48.5 Å². The number of amides is 5. The van der Waals surface area contributed by atoms with Gasteiger partial charge in [0.05, 0.1) is 88.0 Å². The first-order valence-corrected chi connectivity index (χ1v) is 24.9. The zero-order valence-electron chi connectivity index (χ0n) is 42.2. The highest BCUT2D eigenvalue weighted by Gasteiger charge is 2.52. The number of benzene rings is 1. The molecule has 1 aromatic carbocycles. The molecule has 7 rings (SSSR count). The average Bonchev–Trinajstić information content (AvgIpc) is 4.17. The molecule has 4 aliphatic rings. The van der Waals surface area contributed by atoms with Gasteiger partial charge < -0.3 is 74.1 Å². The number of carbonyl (C=O) groups excluding carboxylic acids is 7. The first-order chi connectivity index (χ1) is 36.4. The lowest BCUT2D eigenvalue weighted by atomic mass is 9.85. The van der Waals surface area contributed by atoms with Crippen LogP contribution in [0.5, 0.6) is 11.5 Å². The number of cyclic esters (lactones) is 1. The molecule has 4 atom stereocenters. The fourth-order valence-corrected chi connectivity index (χ4v) is 9.18. The Morgan fingerprint density at radius 1 is 0.816 bits per heavy atom. The summed E-state index contributed by atoms with van der Waals surface area (Å²) >= 11 is 0. The first-order valence-electron chi connectivity index (χ1n) is 24.9. The number of nitrogens with zero attached hydrogens (tertiary/aromatic N) is 3. The normalized spacial score (nSPS) is 17.7. The molecule has 0 bridgehead atoms. The molecule has 0 saturated carbocycles. The number of ether oxygens (including phenoxy) is 7. The smallest absolute Gasteiger partial charge is 0.355 e. The van der Waals surface area contributed by atoms with E-state index in [1.807, 2.05) is 12.1 Å². The second-order valence-electron chi connectivity index (χ2n) is 18.6. The van der Waals surface area contributed by atoms with E-state index < -0.39 is 95.0 Å². The van der Waals surface area contributed by atoms with E-state index in [0.29, 0.717) is 34.8 Å². The lowest BCUT2D eigenvalue weighted by Crippen LogP contribution is -2.57. The molecule has 26 nitrogen and oxygen atoms in total. The third-order valence-corrected chi connectivity index (χ3v) is 13.1. The fraction of sp³-hybridized carbons (Fsp3) is 0.540. The second-order valence-corrected chi connectivity index (χ2v) is 18.6. The van der Waals surface area contributed by atoms with Crippen molar-refractivity contribution in [1.82, 2.24) is 35.7 Å². The topological polar surface area (TPSA) is 345 Å². The Bertz CT molecular complexity index is 2820. The molecule has 5 amide bonds. The van der Waals surface area contributed by atoms with Gasteiger partial charge in [-0.25, -0.2) is 14.6 Å². The summed E-state index contributed by atoms with van der Waals surface area (Å²) in [5, 5.41) is 29.0. The van der Waals surface area contributed by atoms with Crippen molar-refractivity contribution in [3.8, 4) is 22.9 Å². The Labute approximate surface area is 434 Å². The van der Waals surface area contributed by atoms with E-state index in [0.717, 1.165) is 15.8 Å². The number of carboxylic acids is 2. The van der Waals surface area contributed by atoms with Crippen molar-refractivity contribution in [2.45, 2.75) is 103 Å². The van der Waals surface area contributed by atoms with Gasteiger partial charge in [0.25, 0.3) is 5.56 Å². The van der Waals surface area contributed by atoms with Gasteiger partial charge in [0.15, 0.2) is 11.5 Å². The number of pyridine rings is 2. The van der Waals surface area contributed by atoms with E-state index in [-0.39, 0.29) is 122 Å². The zero-order chi connectivity index (χ0) is 54.7. The van der Waals surface area contributed by atoms with Crippen molar-refractivity contribution < 1.29 is 86.5 Å². The largest absolute Gasteiger partial charge is 0.481 e. The number of carbonyl (C=O) groups is 9. The van der Waals surface area contributed by atoms with Gasteiger partial charge in [-0.2, -0.15) is 0 Å². The number of fused-ring (bicyclic) bond motifs is 6. The van der Waals surface area contributed by atoms with Crippen LogP contribution in [-0.4, -0.2) is 162 Å². The highest BCUT2D eigenvalue weighted by atomic mass is 16.7. The van der Waals surface area contributed by atoms with Crippen molar-refractivity contribution >= 4 is 64.3 Å². The predicted molar refractivity (Wildman–Crippen MR) is 260 cm³/mol. The third-order valence-electron chi connectivity index (χ3n) is 13.1. The monoisotopic (exact) mass is 1060 g/mol. The highest BCUT2D eigenvalue weighted by molar-refractivity contribution is 5.96. The molecular weight excluding hydrogens is 1000 g/mol. The van der Waals surface area contributed by atoms with E-state index in [2.05, 4.69) is 21.3 Å². The molecule has 0 unspecified atom stereocenters. The van der Waals surface area contributed by atoms with Crippen molar-refractivity contribution in [1.29, 1.82) is 0 Å². The Morgan fingerprint density at radius 3 is 2.22 bits per heavy atom. The van der Waals surface area contributed by atoms with Gasteiger partial charge in [-0.1, -0.05) is 20.8 Å². The third kappa shape index (κ3) is 13.2. The molecule has 3 aromatic rings. The van der Waals surface area contributed by atoms with Crippen LogP contribution < -0.4 is 36.3 Å². The van der Waals surface area contributed by atoms with Gasteiger partial charge in [0.1, 0.15) is 24.7 Å². The van der Waals surface area contributed by atoms with Gasteiger partial charge in [-0.3, -0.25) is 38.4 Å². The van der Waals surface area contributed by atoms with Crippen LogP contribution in [0.25, 0.3) is 22.3 Å². The summed E-state index contributed by atoms with van der Waals surface area (Å²) in [5.74, 6) is -7.25. The molecule has 410 valence electrons. The Kier molecular flexibility index (Phi) is 18.6. The van der Waals surface area contributed by atoms with Crippen LogP contribution >= 0.6 is 0 Å². The van der Waals surface area contributed by atoms with Crippen LogP contribution in [0, 0.1) is 5.92 Å². The maximum absolute atomic E-state index is 14.3. The average molecular weight is 1060 g/mol. The maximum atomic E-state index is 14.3. The molecule has 2 aromatic heterocycles. The molecule has 1 saturated heterocycles. The van der Waals surface area contributed by atoms with Crippen LogP contribution in [0.1, 0.15) is 82.4 Å². The fourth-order valence-electron chi connectivity index (χ4n) is 9.18. The van der Waals surface area contributed by atoms with Crippen molar-refractivity contribution in [3.63, 3.8) is 0 Å².